The van der Waals surface area contributed by atoms with Crippen molar-refractivity contribution in [2.75, 3.05) is 19.6 Å². The summed E-state index contributed by atoms with van der Waals surface area (Å²) in [6.45, 7) is 2.18. The molecule has 0 bridgehead atoms. The fourth-order valence-electron chi connectivity index (χ4n) is 3.22. The zero-order valence-electron chi connectivity index (χ0n) is 12.0. The number of hydrogen-bond acceptors (Lipinski definition) is 3. The molecule has 1 atom stereocenters. The molecule has 0 radical (unpaired) electrons. The molecule has 0 aromatic heterocycles. The summed E-state index contributed by atoms with van der Waals surface area (Å²) in [7, 11) is 0. The van der Waals surface area contributed by atoms with E-state index in [1.54, 1.807) is 23.1 Å². The Balaban J connectivity index is 1.79. The monoisotopic (exact) mass is 288 g/mol. The van der Waals surface area contributed by atoms with E-state index in [-0.39, 0.29) is 29.2 Å². The highest BCUT2D eigenvalue weighted by Crippen LogP contribution is 2.26. The summed E-state index contributed by atoms with van der Waals surface area (Å²) in [4.78, 5) is 28.6. The topological polar surface area (TPSA) is 60.9 Å². The predicted molar refractivity (Wildman–Crippen MR) is 78.0 cm³/mol. The van der Waals surface area contributed by atoms with E-state index in [2.05, 4.69) is 0 Å². The number of phenols is 1. The van der Waals surface area contributed by atoms with Crippen molar-refractivity contribution in [2.24, 2.45) is 0 Å². The maximum absolute atomic E-state index is 12.6. The average Bonchev–Trinajstić information content (AvgIpc) is 3.17. The SMILES string of the molecule is O=C([C@@H]1CCCN1C(=O)c1ccccc1O)N1CCCC1. The molecule has 2 aliphatic heterocycles. The number of rotatable bonds is 2. The predicted octanol–water partition coefficient (Wildman–Crippen LogP) is 1.62. The van der Waals surface area contributed by atoms with Gasteiger partial charge in [-0.2, -0.15) is 0 Å². The number of phenolic OH excluding ortho intramolecular Hbond substituents is 1. The van der Waals surface area contributed by atoms with Gasteiger partial charge in [-0.3, -0.25) is 9.59 Å². The number of para-hydroxylation sites is 1. The van der Waals surface area contributed by atoms with Crippen LogP contribution in [0.2, 0.25) is 0 Å². The van der Waals surface area contributed by atoms with Crippen molar-refractivity contribution < 1.29 is 14.7 Å². The van der Waals surface area contributed by atoms with Crippen LogP contribution in [0.15, 0.2) is 24.3 Å². The van der Waals surface area contributed by atoms with Gasteiger partial charge < -0.3 is 14.9 Å². The van der Waals surface area contributed by atoms with Gasteiger partial charge in [0, 0.05) is 19.6 Å². The first-order valence-electron chi connectivity index (χ1n) is 7.56. The molecule has 5 heteroatoms. The lowest BCUT2D eigenvalue weighted by molar-refractivity contribution is -0.134. The van der Waals surface area contributed by atoms with Gasteiger partial charge in [0.2, 0.25) is 5.91 Å². The van der Waals surface area contributed by atoms with Crippen molar-refractivity contribution in [2.45, 2.75) is 31.7 Å². The Kier molecular flexibility index (Phi) is 3.82. The van der Waals surface area contributed by atoms with E-state index >= 15 is 0 Å². The Morgan fingerprint density at radius 3 is 2.48 bits per heavy atom. The molecule has 2 amide bonds. The van der Waals surface area contributed by atoms with Gasteiger partial charge >= 0.3 is 0 Å². The second kappa shape index (κ2) is 5.76. The van der Waals surface area contributed by atoms with Gasteiger partial charge in [-0.15, -0.1) is 0 Å². The molecule has 21 heavy (non-hydrogen) atoms. The number of likely N-dealkylation sites (tertiary alicyclic amines) is 2. The molecule has 0 saturated carbocycles. The van der Waals surface area contributed by atoms with Crippen LogP contribution < -0.4 is 0 Å². The Hall–Kier alpha value is -2.04. The summed E-state index contributed by atoms with van der Waals surface area (Å²) in [5, 5.41) is 9.83. The van der Waals surface area contributed by atoms with Crippen LogP contribution in [0, 0.1) is 0 Å². The zero-order chi connectivity index (χ0) is 14.8. The first-order chi connectivity index (χ1) is 10.2. The number of amides is 2. The van der Waals surface area contributed by atoms with Crippen molar-refractivity contribution in [3.05, 3.63) is 29.8 Å². The minimum Gasteiger partial charge on any atom is -0.507 e. The van der Waals surface area contributed by atoms with Gasteiger partial charge in [-0.1, -0.05) is 12.1 Å². The van der Waals surface area contributed by atoms with Crippen LogP contribution >= 0.6 is 0 Å². The molecule has 2 fully saturated rings. The average molecular weight is 288 g/mol. The summed E-state index contributed by atoms with van der Waals surface area (Å²) in [6.07, 6.45) is 3.65. The van der Waals surface area contributed by atoms with Gasteiger partial charge in [0.1, 0.15) is 11.8 Å². The van der Waals surface area contributed by atoms with Crippen molar-refractivity contribution in [3.63, 3.8) is 0 Å². The highest BCUT2D eigenvalue weighted by atomic mass is 16.3. The Morgan fingerprint density at radius 1 is 1.05 bits per heavy atom. The molecule has 1 aromatic carbocycles. The fourth-order valence-corrected chi connectivity index (χ4v) is 3.22. The number of hydrogen-bond donors (Lipinski definition) is 1. The van der Waals surface area contributed by atoms with Gasteiger partial charge in [0.25, 0.3) is 5.91 Å². The van der Waals surface area contributed by atoms with E-state index in [1.807, 2.05) is 4.90 Å². The van der Waals surface area contributed by atoms with Crippen LogP contribution in [-0.4, -0.2) is 52.4 Å². The molecule has 0 spiro atoms. The minimum atomic E-state index is -0.366. The third-order valence-electron chi connectivity index (χ3n) is 4.35. The standard InChI is InChI=1S/C16H20N2O3/c19-14-8-2-1-6-12(14)15(20)18-11-5-7-13(18)16(21)17-9-3-4-10-17/h1-2,6,8,13,19H,3-5,7,9-11H2/t13-/m0/s1. The molecule has 1 aromatic rings. The molecule has 3 rings (SSSR count). The van der Waals surface area contributed by atoms with Crippen LogP contribution in [0.5, 0.6) is 5.75 Å². The first kappa shape index (κ1) is 13.9. The summed E-state index contributed by atoms with van der Waals surface area (Å²) in [6, 6.07) is 6.15. The van der Waals surface area contributed by atoms with Crippen molar-refractivity contribution in [1.29, 1.82) is 0 Å². The van der Waals surface area contributed by atoms with Gasteiger partial charge in [0.05, 0.1) is 5.56 Å². The summed E-state index contributed by atoms with van der Waals surface area (Å²) in [5.41, 5.74) is 0.277. The van der Waals surface area contributed by atoms with Crippen LogP contribution in [-0.2, 0) is 4.79 Å². The fraction of sp³-hybridized carbons (Fsp3) is 0.500. The quantitative estimate of drug-likeness (QED) is 0.899. The van der Waals surface area contributed by atoms with Gasteiger partial charge in [-0.05, 0) is 37.8 Å². The van der Waals surface area contributed by atoms with Crippen LogP contribution in [0.25, 0.3) is 0 Å². The Bertz CT molecular complexity index is 552. The second-order valence-corrected chi connectivity index (χ2v) is 5.71. The van der Waals surface area contributed by atoms with E-state index in [4.69, 9.17) is 0 Å². The summed E-state index contributed by atoms with van der Waals surface area (Å²) >= 11 is 0. The number of carbonyl (C=O) groups is 2. The second-order valence-electron chi connectivity index (χ2n) is 5.71. The first-order valence-corrected chi connectivity index (χ1v) is 7.56. The molecule has 112 valence electrons. The van der Waals surface area contributed by atoms with E-state index in [9.17, 15) is 14.7 Å². The van der Waals surface area contributed by atoms with Crippen molar-refractivity contribution >= 4 is 11.8 Å². The van der Waals surface area contributed by atoms with Crippen LogP contribution in [0.3, 0.4) is 0 Å². The third kappa shape index (κ3) is 2.60. The lowest BCUT2D eigenvalue weighted by Crippen LogP contribution is -2.46. The van der Waals surface area contributed by atoms with Crippen LogP contribution in [0.4, 0.5) is 0 Å². The molecule has 2 heterocycles. The molecule has 5 nitrogen and oxygen atoms in total. The summed E-state index contributed by atoms with van der Waals surface area (Å²) < 4.78 is 0. The molecule has 0 unspecified atom stereocenters. The van der Waals surface area contributed by atoms with E-state index in [0.29, 0.717) is 13.0 Å². The normalized spacial score (nSPS) is 21.8. The Labute approximate surface area is 124 Å². The molecule has 2 saturated heterocycles. The summed E-state index contributed by atoms with van der Waals surface area (Å²) in [5.74, 6) is -0.210. The smallest absolute Gasteiger partial charge is 0.258 e. The number of carbonyl (C=O) groups excluding carboxylic acids is 2. The van der Waals surface area contributed by atoms with E-state index < -0.39 is 0 Å². The number of nitrogens with zero attached hydrogens (tertiary/aromatic N) is 2. The number of benzene rings is 1. The third-order valence-corrected chi connectivity index (χ3v) is 4.35. The largest absolute Gasteiger partial charge is 0.507 e. The van der Waals surface area contributed by atoms with E-state index in [1.165, 1.54) is 6.07 Å². The minimum absolute atomic E-state index is 0.0261. The molecular formula is C16H20N2O3. The molecule has 2 aliphatic rings. The molecule has 0 aliphatic carbocycles. The lowest BCUT2D eigenvalue weighted by Gasteiger charge is -2.28. The van der Waals surface area contributed by atoms with Gasteiger partial charge in [-0.25, -0.2) is 0 Å². The Morgan fingerprint density at radius 2 is 1.76 bits per heavy atom. The van der Waals surface area contributed by atoms with Crippen LogP contribution in [0.1, 0.15) is 36.0 Å². The van der Waals surface area contributed by atoms with Gasteiger partial charge in [0.15, 0.2) is 0 Å². The highest BCUT2D eigenvalue weighted by molar-refractivity contribution is 5.99. The van der Waals surface area contributed by atoms with E-state index in [0.717, 1.165) is 32.4 Å². The van der Waals surface area contributed by atoms with Crippen molar-refractivity contribution in [1.82, 2.24) is 9.80 Å². The highest BCUT2D eigenvalue weighted by Gasteiger charge is 2.37. The molecule has 1 N–H and O–H groups in total. The maximum Gasteiger partial charge on any atom is 0.258 e. The number of aromatic hydroxyl groups is 1. The zero-order valence-corrected chi connectivity index (χ0v) is 12.0. The maximum atomic E-state index is 12.6. The molecular weight excluding hydrogens is 268 g/mol. The lowest BCUT2D eigenvalue weighted by atomic mass is 10.1. The van der Waals surface area contributed by atoms with Crippen molar-refractivity contribution in [3.8, 4) is 5.75 Å².